The predicted octanol–water partition coefficient (Wildman–Crippen LogP) is 2.94. The summed E-state index contributed by atoms with van der Waals surface area (Å²) in [6.07, 6.45) is -2.44. The van der Waals surface area contributed by atoms with Gasteiger partial charge in [-0.05, 0) is 49.9 Å². The number of halogens is 3. The van der Waals surface area contributed by atoms with Crippen molar-refractivity contribution in [3.63, 3.8) is 0 Å². The van der Waals surface area contributed by atoms with Crippen LogP contribution in [0.3, 0.4) is 0 Å². The number of benzene rings is 1. The summed E-state index contributed by atoms with van der Waals surface area (Å²) >= 11 is 0. The van der Waals surface area contributed by atoms with Gasteiger partial charge in [-0.25, -0.2) is 4.68 Å². The third-order valence-corrected chi connectivity index (χ3v) is 5.07. The summed E-state index contributed by atoms with van der Waals surface area (Å²) in [5.41, 5.74) is 1.13. The Labute approximate surface area is 154 Å². The first-order valence-electron chi connectivity index (χ1n) is 9.10. The smallest absolute Gasteiger partial charge is 0.367 e. The minimum Gasteiger partial charge on any atom is -0.367 e. The molecule has 4 rings (SSSR count). The number of carbonyl (C=O) groups is 1. The van der Waals surface area contributed by atoms with Gasteiger partial charge in [-0.3, -0.25) is 4.79 Å². The normalized spacial score (nSPS) is 20.3. The monoisotopic (exact) mass is 379 g/mol. The maximum atomic E-state index is 13.3. The summed E-state index contributed by atoms with van der Waals surface area (Å²) in [4.78, 5) is 12.5. The van der Waals surface area contributed by atoms with E-state index in [0.29, 0.717) is 55.0 Å². The highest BCUT2D eigenvalue weighted by atomic mass is 19.4. The van der Waals surface area contributed by atoms with Crippen molar-refractivity contribution in [2.24, 2.45) is 0 Å². The van der Waals surface area contributed by atoms with Crippen LogP contribution >= 0.6 is 0 Å². The molecule has 5 nitrogen and oxygen atoms in total. The van der Waals surface area contributed by atoms with Gasteiger partial charge in [0.15, 0.2) is 11.5 Å². The number of ketones is 1. The van der Waals surface area contributed by atoms with E-state index in [-0.39, 0.29) is 5.78 Å². The van der Waals surface area contributed by atoms with Crippen LogP contribution in [0.15, 0.2) is 24.3 Å². The highest BCUT2D eigenvalue weighted by molar-refractivity contribution is 5.99. The Hall–Kier alpha value is -2.19. The van der Waals surface area contributed by atoms with Gasteiger partial charge in [0.25, 0.3) is 0 Å². The standard InChI is InChI=1S/C19H20F3N3O2/c20-19(21,22)18-14-3-1-2-4-15(14)25(24-18)13-7-5-12(6-8-13)17(26)16-11-23-9-10-27-16/h5-8,16,23H,1-4,9-11H2. The molecule has 1 unspecified atom stereocenters. The molecular weight excluding hydrogens is 359 g/mol. The van der Waals surface area contributed by atoms with Gasteiger partial charge in [0.1, 0.15) is 6.10 Å². The number of ether oxygens (including phenoxy) is 1. The van der Waals surface area contributed by atoms with E-state index in [1.54, 1.807) is 24.3 Å². The Morgan fingerprint density at radius 1 is 1.19 bits per heavy atom. The highest BCUT2D eigenvalue weighted by Crippen LogP contribution is 2.36. The Bertz CT molecular complexity index is 837. The maximum absolute atomic E-state index is 13.3. The van der Waals surface area contributed by atoms with Gasteiger partial charge in [-0.15, -0.1) is 0 Å². The number of hydrogen-bond acceptors (Lipinski definition) is 4. The molecule has 2 aliphatic rings. The number of fused-ring (bicyclic) bond motifs is 1. The van der Waals surface area contributed by atoms with E-state index in [2.05, 4.69) is 10.4 Å². The van der Waals surface area contributed by atoms with Crippen LogP contribution in [-0.4, -0.2) is 41.4 Å². The fourth-order valence-corrected chi connectivity index (χ4v) is 3.73. The molecule has 1 aromatic heterocycles. The van der Waals surface area contributed by atoms with Crippen LogP contribution in [-0.2, 0) is 23.8 Å². The van der Waals surface area contributed by atoms with Gasteiger partial charge >= 0.3 is 6.18 Å². The van der Waals surface area contributed by atoms with Gasteiger partial charge in [-0.2, -0.15) is 18.3 Å². The maximum Gasteiger partial charge on any atom is 0.435 e. The number of nitrogens with one attached hydrogen (secondary N) is 1. The van der Waals surface area contributed by atoms with Crippen molar-refractivity contribution in [1.82, 2.24) is 15.1 Å². The molecule has 1 fully saturated rings. The first-order chi connectivity index (χ1) is 12.9. The van der Waals surface area contributed by atoms with E-state index >= 15 is 0 Å². The van der Waals surface area contributed by atoms with Crippen molar-refractivity contribution in [2.75, 3.05) is 19.7 Å². The number of Topliss-reactive ketones (excluding diaryl/α,β-unsaturated/α-hetero) is 1. The molecule has 1 atom stereocenters. The summed E-state index contributed by atoms with van der Waals surface area (Å²) in [5.74, 6) is -0.132. The lowest BCUT2D eigenvalue weighted by atomic mass is 9.95. The van der Waals surface area contributed by atoms with Crippen molar-refractivity contribution >= 4 is 5.78 Å². The minimum absolute atomic E-state index is 0.132. The second kappa shape index (κ2) is 7.09. The molecule has 8 heteroatoms. The van der Waals surface area contributed by atoms with E-state index in [0.717, 1.165) is 12.8 Å². The average molecular weight is 379 g/mol. The molecule has 0 spiro atoms. The molecule has 0 saturated carbocycles. The fraction of sp³-hybridized carbons (Fsp3) is 0.474. The number of aromatic nitrogens is 2. The second-order valence-corrected chi connectivity index (χ2v) is 6.87. The molecule has 0 amide bonds. The van der Waals surface area contributed by atoms with Crippen LogP contribution < -0.4 is 5.32 Å². The Balaban J connectivity index is 1.64. The zero-order valence-corrected chi connectivity index (χ0v) is 14.7. The SMILES string of the molecule is O=C(c1ccc(-n2nc(C(F)(F)F)c3c2CCCC3)cc1)C1CNCCO1. The Morgan fingerprint density at radius 3 is 2.59 bits per heavy atom. The van der Waals surface area contributed by atoms with Crippen molar-refractivity contribution in [3.05, 3.63) is 46.8 Å². The molecular formula is C19H20F3N3O2. The Morgan fingerprint density at radius 2 is 1.93 bits per heavy atom. The van der Waals surface area contributed by atoms with Gasteiger partial charge in [-0.1, -0.05) is 0 Å². The molecule has 0 radical (unpaired) electrons. The number of carbonyl (C=O) groups excluding carboxylic acids is 1. The third-order valence-electron chi connectivity index (χ3n) is 5.07. The van der Waals surface area contributed by atoms with Crippen LogP contribution in [0, 0.1) is 0 Å². The second-order valence-electron chi connectivity index (χ2n) is 6.87. The number of morpholine rings is 1. The van der Waals surface area contributed by atoms with Gasteiger partial charge in [0, 0.05) is 29.9 Å². The van der Waals surface area contributed by atoms with Crippen LogP contribution in [0.2, 0.25) is 0 Å². The van der Waals surface area contributed by atoms with Crippen molar-refractivity contribution < 1.29 is 22.7 Å². The summed E-state index contributed by atoms with van der Waals surface area (Å²) in [6, 6.07) is 6.54. The Kier molecular flexibility index (Phi) is 4.77. The van der Waals surface area contributed by atoms with Crippen molar-refractivity contribution in [3.8, 4) is 5.69 Å². The van der Waals surface area contributed by atoms with Crippen LogP contribution in [0.1, 0.15) is 40.2 Å². The molecule has 1 aliphatic heterocycles. The summed E-state index contributed by atoms with van der Waals surface area (Å²) in [7, 11) is 0. The summed E-state index contributed by atoms with van der Waals surface area (Å²) in [6.45, 7) is 1.66. The summed E-state index contributed by atoms with van der Waals surface area (Å²) < 4.78 is 46.9. The minimum atomic E-state index is -4.46. The quantitative estimate of drug-likeness (QED) is 0.834. The molecule has 1 N–H and O–H groups in total. The molecule has 144 valence electrons. The van der Waals surface area contributed by atoms with Crippen molar-refractivity contribution in [1.29, 1.82) is 0 Å². The zero-order valence-electron chi connectivity index (χ0n) is 14.7. The first kappa shape index (κ1) is 18.2. The highest BCUT2D eigenvalue weighted by Gasteiger charge is 2.39. The summed E-state index contributed by atoms with van der Waals surface area (Å²) in [5, 5.41) is 6.98. The first-order valence-corrected chi connectivity index (χ1v) is 9.10. The largest absolute Gasteiger partial charge is 0.435 e. The van der Waals surface area contributed by atoms with Gasteiger partial charge in [0.2, 0.25) is 0 Å². The van der Waals surface area contributed by atoms with Crippen LogP contribution in [0.4, 0.5) is 13.2 Å². The van der Waals surface area contributed by atoms with E-state index in [1.165, 1.54) is 4.68 Å². The lowest BCUT2D eigenvalue weighted by Gasteiger charge is -2.22. The molecule has 2 aromatic rings. The molecule has 1 aromatic carbocycles. The fourth-order valence-electron chi connectivity index (χ4n) is 3.73. The average Bonchev–Trinajstić information content (AvgIpc) is 3.08. The van der Waals surface area contributed by atoms with Crippen LogP contribution in [0.25, 0.3) is 5.69 Å². The molecule has 2 heterocycles. The van der Waals surface area contributed by atoms with E-state index in [4.69, 9.17) is 4.74 Å². The zero-order chi connectivity index (χ0) is 19.0. The number of rotatable bonds is 3. The van der Waals surface area contributed by atoms with E-state index in [9.17, 15) is 18.0 Å². The van der Waals surface area contributed by atoms with E-state index in [1.807, 2.05) is 0 Å². The van der Waals surface area contributed by atoms with Crippen molar-refractivity contribution in [2.45, 2.75) is 38.0 Å². The van der Waals surface area contributed by atoms with Gasteiger partial charge in [0.05, 0.1) is 12.3 Å². The molecule has 1 saturated heterocycles. The molecule has 0 bridgehead atoms. The molecule has 27 heavy (non-hydrogen) atoms. The number of hydrogen-bond donors (Lipinski definition) is 1. The van der Waals surface area contributed by atoms with Gasteiger partial charge < -0.3 is 10.1 Å². The van der Waals surface area contributed by atoms with Crippen LogP contribution in [0.5, 0.6) is 0 Å². The third kappa shape index (κ3) is 3.51. The number of nitrogens with zero attached hydrogens (tertiary/aromatic N) is 2. The molecule has 1 aliphatic carbocycles. The van der Waals surface area contributed by atoms with E-state index < -0.39 is 18.0 Å². The number of alkyl halides is 3. The lowest BCUT2D eigenvalue weighted by molar-refractivity contribution is -0.142. The lowest BCUT2D eigenvalue weighted by Crippen LogP contribution is -2.43. The predicted molar refractivity (Wildman–Crippen MR) is 92.1 cm³/mol. The topological polar surface area (TPSA) is 56.2 Å².